The molecule has 0 aliphatic rings. The van der Waals surface area contributed by atoms with E-state index in [1.807, 2.05) is 79.7 Å². The van der Waals surface area contributed by atoms with Crippen LogP contribution in [0.3, 0.4) is 0 Å². The van der Waals surface area contributed by atoms with Crippen LogP contribution >= 0.6 is 11.6 Å². The molecule has 1 amide bonds. The Bertz CT molecular complexity index is 1200. The van der Waals surface area contributed by atoms with E-state index in [1.165, 1.54) is 0 Å². The molecule has 2 aromatic carbocycles. The highest BCUT2D eigenvalue weighted by molar-refractivity contribution is 6.30. The lowest BCUT2D eigenvalue weighted by atomic mass is 10.1. The second-order valence-corrected chi connectivity index (χ2v) is 7.72. The van der Waals surface area contributed by atoms with Gasteiger partial charge in [-0.1, -0.05) is 35.9 Å². The number of hydrogen-bond donors (Lipinski definition) is 1. The number of likely N-dealkylation sites (N-methyl/N-ethyl adjacent to an activating group) is 1. The Morgan fingerprint density at radius 3 is 2.67 bits per heavy atom. The molecular weight excluding hydrogens is 398 g/mol. The van der Waals surface area contributed by atoms with Crippen molar-refractivity contribution >= 4 is 23.2 Å². The molecular formula is C23H22ClN5O. The van der Waals surface area contributed by atoms with Gasteiger partial charge in [0.15, 0.2) is 5.65 Å². The predicted octanol–water partition coefficient (Wildman–Crippen LogP) is 4.01. The zero-order valence-corrected chi connectivity index (χ0v) is 17.6. The molecule has 4 aromatic rings. The van der Waals surface area contributed by atoms with Gasteiger partial charge in [0.2, 0.25) is 0 Å². The number of benzene rings is 2. The van der Waals surface area contributed by atoms with Crippen molar-refractivity contribution in [3.05, 3.63) is 77.4 Å². The lowest BCUT2D eigenvalue weighted by Crippen LogP contribution is -2.31. The normalized spacial score (nSPS) is 11.2. The topological polar surface area (TPSA) is 62.5 Å². The van der Waals surface area contributed by atoms with E-state index in [0.29, 0.717) is 17.1 Å². The molecule has 0 fully saturated rings. The van der Waals surface area contributed by atoms with Crippen molar-refractivity contribution in [2.24, 2.45) is 0 Å². The van der Waals surface area contributed by atoms with E-state index in [1.54, 1.807) is 10.7 Å². The Balaban J connectivity index is 1.66. The van der Waals surface area contributed by atoms with Crippen molar-refractivity contribution in [2.75, 3.05) is 27.2 Å². The molecule has 0 radical (unpaired) electrons. The Kier molecular flexibility index (Phi) is 5.79. The summed E-state index contributed by atoms with van der Waals surface area (Å²) in [6.07, 6.45) is 1.77. The lowest BCUT2D eigenvalue weighted by molar-refractivity contribution is 0.0951. The van der Waals surface area contributed by atoms with Gasteiger partial charge in [0.1, 0.15) is 0 Å². The number of halogens is 1. The average Bonchev–Trinajstić information content (AvgIpc) is 3.17. The molecule has 152 valence electrons. The summed E-state index contributed by atoms with van der Waals surface area (Å²) in [5.74, 6) is -0.0971. The summed E-state index contributed by atoms with van der Waals surface area (Å²) in [7, 11) is 3.95. The van der Waals surface area contributed by atoms with E-state index in [0.717, 1.165) is 34.7 Å². The SMILES string of the molecule is CN(C)CCNC(=O)c1cccc(-c2cnc3ccc(-c4cccc(Cl)c4)nn23)c1. The molecule has 30 heavy (non-hydrogen) atoms. The first-order chi connectivity index (χ1) is 14.5. The van der Waals surface area contributed by atoms with E-state index in [9.17, 15) is 4.79 Å². The first kappa shape index (κ1) is 20.1. The van der Waals surface area contributed by atoms with Crippen LogP contribution in [0.2, 0.25) is 5.02 Å². The molecule has 0 saturated heterocycles. The van der Waals surface area contributed by atoms with Gasteiger partial charge in [-0.3, -0.25) is 4.79 Å². The number of nitrogens with one attached hydrogen (secondary N) is 1. The minimum atomic E-state index is -0.0971. The highest BCUT2D eigenvalue weighted by Crippen LogP contribution is 2.25. The molecule has 0 atom stereocenters. The summed E-state index contributed by atoms with van der Waals surface area (Å²) in [5.41, 5.74) is 4.75. The monoisotopic (exact) mass is 419 g/mol. The third-order valence-corrected chi connectivity index (χ3v) is 4.98. The van der Waals surface area contributed by atoms with E-state index in [4.69, 9.17) is 16.7 Å². The van der Waals surface area contributed by atoms with E-state index >= 15 is 0 Å². The van der Waals surface area contributed by atoms with E-state index in [2.05, 4.69) is 10.3 Å². The zero-order chi connectivity index (χ0) is 21.1. The number of carbonyl (C=O) groups is 1. The maximum absolute atomic E-state index is 12.5. The Hall–Kier alpha value is -3.22. The first-order valence-electron chi connectivity index (χ1n) is 9.65. The number of imidazole rings is 1. The standard InChI is InChI=1S/C23H22ClN5O/c1-28(2)12-11-25-23(30)18-7-3-6-17(13-18)21-15-26-22-10-9-20(27-29(21)22)16-5-4-8-19(24)14-16/h3-10,13-15H,11-12H2,1-2H3,(H,25,30). The van der Waals surface area contributed by atoms with Crippen LogP contribution in [0.15, 0.2) is 66.9 Å². The summed E-state index contributed by atoms with van der Waals surface area (Å²) in [5, 5.41) is 8.36. The average molecular weight is 420 g/mol. The number of nitrogens with zero attached hydrogens (tertiary/aromatic N) is 4. The van der Waals surface area contributed by atoms with E-state index < -0.39 is 0 Å². The molecule has 0 aliphatic carbocycles. The van der Waals surface area contributed by atoms with Crippen LogP contribution in [0.4, 0.5) is 0 Å². The van der Waals surface area contributed by atoms with Gasteiger partial charge in [-0.2, -0.15) is 5.10 Å². The first-order valence-corrected chi connectivity index (χ1v) is 10.0. The van der Waals surface area contributed by atoms with Gasteiger partial charge < -0.3 is 10.2 Å². The molecule has 4 rings (SSSR count). The summed E-state index contributed by atoms with van der Waals surface area (Å²) < 4.78 is 1.79. The molecule has 1 N–H and O–H groups in total. The van der Waals surface area contributed by atoms with Crippen molar-refractivity contribution in [1.29, 1.82) is 0 Å². The number of rotatable bonds is 6. The Morgan fingerprint density at radius 2 is 1.87 bits per heavy atom. The summed E-state index contributed by atoms with van der Waals surface area (Å²) in [4.78, 5) is 19.0. The number of hydrogen-bond acceptors (Lipinski definition) is 4. The molecule has 0 saturated carbocycles. The van der Waals surface area contributed by atoms with Gasteiger partial charge in [-0.25, -0.2) is 9.50 Å². The highest BCUT2D eigenvalue weighted by Gasteiger charge is 2.12. The van der Waals surface area contributed by atoms with Crippen molar-refractivity contribution in [3.63, 3.8) is 0 Å². The van der Waals surface area contributed by atoms with Crippen LogP contribution in [-0.2, 0) is 0 Å². The third-order valence-electron chi connectivity index (χ3n) is 4.75. The number of carbonyl (C=O) groups excluding carboxylic acids is 1. The molecule has 2 heterocycles. The van der Waals surface area contributed by atoms with Gasteiger partial charge in [0.05, 0.1) is 17.6 Å². The fourth-order valence-corrected chi connectivity index (χ4v) is 3.38. The predicted molar refractivity (Wildman–Crippen MR) is 120 cm³/mol. The van der Waals surface area contributed by atoms with Gasteiger partial charge in [-0.05, 0) is 50.5 Å². The quantitative estimate of drug-likeness (QED) is 0.513. The molecule has 7 heteroatoms. The van der Waals surface area contributed by atoms with Gasteiger partial charge in [-0.15, -0.1) is 0 Å². The molecule has 2 aromatic heterocycles. The Labute approximate surface area is 180 Å². The molecule has 6 nitrogen and oxygen atoms in total. The smallest absolute Gasteiger partial charge is 0.251 e. The fourth-order valence-electron chi connectivity index (χ4n) is 3.19. The van der Waals surface area contributed by atoms with Gasteiger partial charge >= 0.3 is 0 Å². The van der Waals surface area contributed by atoms with Crippen LogP contribution in [0.1, 0.15) is 10.4 Å². The Morgan fingerprint density at radius 1 is 1.07 bits per heavy atom. The van der Waals surface area contributed by atoms with Crippen LogP contribution < -0.4 is 5.32 Å². The fraction of sp³-hybridized carbons (Fsp3) is 0.174. The van der Waals surface area contributed by atoms with Gasteiger partial charge in [0.25, 0.3) is 5.91 Å². The largest absolute Gasteiger partial charge is 0.351 e. The minimum absolute atomic E-state index is 0.0971. The maximum Gasteiger partial charge on any atom is 0.251 e. The highest BCUT2D eigenvalue weighted by atomic mass is 35.5. The summed E-state index contributed by atoms with van der Waals surface area (Å²) >= 11 is 6.13. The van der Waals surface area contributed by atoms with Crippen molar-refractivity contribution in [1.82, 2.24) is 24.8 Å². The summed E-state index contributed by atoms with van der Waals surface area (Å²) in [6.45, 7) is 1.38. The molecule has 0 bridgehead atoms. The second kappa shape index (κ2) is 8.65. The molecule has 0 aliphatic heterocycles. The summed E-state index contributed by atoms with van der Waals surface area (Å²) in [6, 6.07) is 18.9. The maximum atomic E-state index is 12.5. The molecule has 0 spiro atoms. The lowest BCUT2D eigenvalue weighted by Gasteiger charge is -2.11. The second-order valence-electron chi connectivity index (χ2n) is 7.28. The number of fused-ring (bicyclic) bond motifs is 1. The van der Waals surface area contributed by atoms with E-state index in [-0.39, 0.29) is 5.91 Å². The van der Waals surface area contributed by atoms with Crippen LogP contribution in [0, 0.1) is 0 Å². The van der Waals surface area contributed by atoms with Crippen molar-refractivity contribution in [3.8, 4) is 22.5 Å². The van der Waals surface area contributed by atoms with Crippen molar-refractivity contribution < 1.29 is 4.79 Å². The van der Waals surface area contributed by atoms with Crippen LogP contribution in [-0.4, -0.2) is 52.6 Å². The van der Waals surface area contributed by atoms with Gasteiger partial charge in [0, 0.05) is 34.8 Å². The molecule has 0 unspecified atom stereocenters. The van der Waals surface area contributed by atoms with Crippen LogP contribution in [0.25, 0.3) is 28.2 Å². The number of amides is 1. The minimum Gasteiger partial charge on any atom is -0.351 e. The number of aromatic nitrogens is 3. The third kappa shape index (κ3) is 4.35. The zero-order valence-electron chi connectivity index (χ0n) is 16.8. The van der Waals surface area contributed by atoms with Crippen LogP contribution in [0.5, 0.6) is 0 Å². The van der Waals surface area contributed by atoms with Crippen molar-refractivity contribution in [2.45, 2.75) is 0 Å².